The molecule has 0 unspecified atom stereocenters. The number of aromatic amines is 1. The van der Waals surface area contributed by atoms with Gasteiger partial charge in [-0.05, 0) is 33.6 Å². The van der Waals surface area contributed by atoms with Crippen molar-refractivity contribution in [3.63, 3.8) is 0 Å². The molecule has 112 valence electrons. The summed E-state index contributed by atoms with van der Waals surface area (Å²) in [6.07, 6.45) is 6.14. The van der Waals surface area contributed by atoms with Crippen LogP contribution in [0.1, 0.15) is 60.8 Å². The molecule has 0 aliphatic heterocycles. The van der Waals surface area contributed by atoms with E-state index in [1.54, 1.807) is 10.7 Å². The molecule has 5 heteroatoms. The minimum absolute atomic E-state index is 0.0452. The fourth-order valence-electron chi connectivity index (χ4n) is 3.11. The van der Waals surface area contributed by atoms with Gasteiger partial charge in [0.2, 0.25) is 0 Å². The fraction of sp³-hybridized carbons (Fsp3) is 0.562. The van der Waals surface area contributed by atoms with E-state index >= 15 is 0 Å². The van der Waals surface area contributed by atoms with Gasteiger partial charge in [0.1, 0.15) is 0 Å². The maximum absolute atomic E-state index is 12.3. The largest absolute Gasteiger partial charge is 0.293 e. The maximum atomic E-state index is 12.3. The molecule has 5 nitrogen and oxygen atoms in total. The van der Waals surface area contributed by atoms with Gasteiger partial charge < -0.3 is 0 Å². The van der Waals surface area contributed by atoms with Crippen molar-refractivity contribution < 1.29 is 0 Å². The SMILES string of the molecule is Cc1nc(C)c(-n2[nH]c(C3CCCCC3)cc2=O)nc1C. The van der Waals surface area contributed by atoms with Gasteiger partial charge in [-0.1, -0.05) is 19.3 Å². The zero-order valence-electron chi connectivity index (χ0n) is 12.9. The molecular formula is C16H22N4O. The van der Waals surface area contributed by atoms with Gasteiger partial charge in [-0.3, -0.25) is 14.9 Å². The number of aromatic nitrogens is 4. The smallest absolute Gasteiger partial charge is 0.272 e. The van der Waals surface area contributed by atoms with Gasteiger partial charge >= 0.3 is 0 Å². The van der Waals surface area contributed by atoms with Crippen LogP contribution in [-0.2, 0) is 0 Å². The molecule has 0 amide bonds. The van der Waals surface area contributed by atoms with Crippen LogP contribution < -0.4 is 5.56 Å². The highest BCUT2D eigenvalue weighted by atomic mass is 16.1. The molecular weight excluding hydrogens is 264 g/mol. The van der Waals surface area contributed by atoms with Gasteiger partial charge in [0.15, 0.2) is 5.82 Å². The summed E-state index contributed by atoms with van der Waals surface area (Å²) in [5.41, 5.74) is 3.53. The number of aryl methyl sites for hydroxylation is 3. The maximum Gasteiger partial charge on any atom is 0.272 e. The Morgan fingerprint density at radius 3 is 2.43 bits per heavy atom. The minimum Gasteiger partial charge on any atom is -0.293 e. The highest BCUT2D eigenvalue weighted by Gasteiger charge is 2.19. The van der Waals surface area contributed by atoms with Gasteiger partial charge in [-0.25, -0.2) is 4.98 Å². The molecule has 2 aromatic heterocycles. The van der Waals surface area contributed by atoms with E-state index in [9.17, 15) is 4.79 Å². The average Bonchev–Trinajstić information content (AvgIpc) is 2.86. The summed E-state index contributed by atoms with van der Waals surface area (Å²) in [6, 6.07) is 1.73. The molecule has 2 aromatic rings. The summed E-state index contributed by atoms with van der Waals surface area (Å²) in [5.74, 6) is 1.10. The van der Waals surface area contributed by atoms with Crippen molar-refractivity contribution in [1.29, 1.82) is 0 Å². The number of hydrogen-bond acceptors (Lipinski definition) is 3. The van der Waals surface area contributed by atoms with Gasteiger partial charge in [0.05, 0.1) is 17.1 Å². The standard InChI is InChI=1S/C16H22N4O/c1-10-11(2)18-16(12(3)17-10)20-15(21)9-14(19-20)13-7-5-4-6-8-13/h9,13,19H,4-8H2,1-3H3. The van der Waals surface area contributed by atoms with Crippen LogP contribution in [0.3, 0.4) is 0 Å². The molecule has 1 aliphatic rings. The molecule has 1 fully saturated rings. The Morgan fingerprint density at radius 1 is 1.05 bits per heavy atom. The molecule has 1 N–H and O–H groups in total. The van der Waals surface area contributed by atoms with E-state index in [2.05, 4.69) is 15.1 Å². The Balaban J connectivity index is 2.01. The van der Waals surface area contributed by atoms with E-state index in [1.807, 2.05) is 20.8 Å². The molecule has 0 atom stereocenters. The second kappa shape index (κ2) is 5.47. The summed E-state index contributed by atoms with van der Waals surface area (Å²) in [4.78, 5) is 21.3. The van der Waals surface area contributed by atoms with Crippen molar-refractivity contribution in [2.45, 2.75) is 58.8 Å². The van der Waals surface area contributed by atoms with Crippen LogP contribution in [0.5, 0.6) is 0 Å². The summed E-state index contributed by atoms with van der Waals surface area (Å²) in [6.45, 7) is 5.74. The first kappa shape index (κ1) is 14.0. The Hall–Kier alpha value is -1.91. The van der Waals surface area contributed by atoms with Crippen molar-refractivity contribution >= 4 is 0 Å². The highest BCUT2D eigenvalue weighted by Crippen LogP contribution is 2.31. The van der Waals surface area contributed by atoms with E-state index < -0.39 is 0 Å². The third-order valence-corrected chi connectivity index (χ3v) is 4.45. The predicted molar refractivity (Wildman–Crippen MR) is 82.0 cm³/mol. The molecule has 1 aliphatic carbocycles. The molecule has 0 spiro atoms. The number of nitrogens with zero attached hydrogens (tertiary/aromatic N) is 3. The molecule has 2 heterocycles. The molecule has 21 heavy (non-hydrogen) atoms. The first-order chi connectivity index (χ1) is 10.1. The lowest BCUT2D eigenvalue weighted by Gasteiger charge is -2.20. The Kier molecular flexibility index (Phi) is 3.66. The van der Waals surface area contributed by atoms with Crippen LogP contribution in [0.4, 0.5) is 0 Å². The van der Waals surface area contributed by atoms with E-state index in [0.29, 0.717) is 11.7 Å². The number of H-pyrrole nitrogens is 1. The van der Waals surface area contributed by atoms with Crippen molar-refractivity contribution in [1.82, 2.24) is 19.7 Å². The van der Waals surface area contributed by atoms with Gasteiger partial charge in [-0.2, -0.15) is 4.68 Å². The topological polar surface area (TPSA) is 63.6 Å². The van der Waals surface area contributed by atoms with Crippen molar-refractivity contribution in [2.24, 2.45) is 0 Å². The molecule has 0 radical (unpaired) electrons. The van der Waals surface area contributed by atoms with E-state index in [1.165, 1.54) is 19.3 Å². The third-order valence-electron chi connectivity index (χ3n) is 4.45. The van der Waals surface area contributed by atoms with Crippen molar-refractivity contribution in [3.05, 3.63) is 39.2 Å². The summed E-state index contributed by atoms with van der Waals surface area (Å²) >= 11 is 0. The third kappa shape index (κ3) is 2.64. The van der Waals surface area contributed by atoms with Crippen LogP contribution >= 0.6 is 0 Å². The van der Waals surface area contributed by atoms with Crippen LogP contribution in [0.15, 0.2) is 10.9 Å². The van der Waals surface area contributed by atoms with Crippen LogP contribution in [0.2, 0.25) is 0 Å². The van der Waals surface area contributed by atoms with Crippen LogP contribution in [0, 0.1) is 20.8 Å². The van der Waals surface area contributed by atoms with Gasteiger partial charge in [0.25, 0.3) is 5.56 Å². The molecule has 0 bridgehead atoms. The Labute approximate surface area is 124 Å². The fourth-order valence-corrected chi connectivity index (χ4v) is 3.11. The Morgan fingerprint density at radius 2 is 1.71 bits per heavy atom. The zero-order valence-corrected chi connectivity index (χ0v) is 12.9. The zero-order chi connectivity index (χ0) is 15.0. The summed E-state index contributed by atoms with van der Waals surface area (Å²) < 4.78 is 1.54. The molecule has 0 aromatic carbocycles. The van der Waals surface area contributed by atoms with Gasteiger partial charge in [-0.15, -0.1) is 0 Å². The van der Waals surface area contributed by atoms with Crippen LogP contribution in [-0.4, -0.2) is 19.7 Å². The van der Waals surface area contributed by atoms with Crippen LogP contribution in [0.25, 0.3) is 5.82 Å². The van der Waals surface area contributed by atoms with E-state index in [0.717, 1.165) is 35.6 Å². The average molecular weight is 286 g/mol. The molecule has 3 rings (SSSR count). The lowest BCUT2D eigenvalue weighted by molar-refractivity contribution is 0.434. The monoisotopic (exact) mass is 286 g/mol. The van der Waals surface area contributed by atoms with E-state index in [4.69, 9.17) is 0 Å². The first-order valence-electron chi connectivity index (χ1n) is 7.70. The quantitative estimate of drug-likeness (QED) is 0.923. The predicted octanol–water partition coefficient (Wildman–Crippen LogP) is 2.93. The van der Waals surface area contributed by atoms with Crippen molar-refractivity contribution in [3.8, 4) is 5.82 Å². The molecule has 1 saturated carbocycles. The number of rotatable bonds is 2. The summed E-state index contributed by atoms with van der Waals surface area (Å²) in [7, 11) is 0. The Bertz CT molecular complexity index is 708. The molecule has 0 saturated heterocycles. The lowest BCUT2D eigenvalue weighted by Crippen LogP contribution is -2.18. The van der Waals surface area contributed by atoms with Crippen molar-refractivity contribution in [2.75, 3.05) is 0 Å². The number of nitrogens with one attached hydrogen (secondary N) is 1. The summed E-state index contributed by atoms with van der Waals surface area (Å²) in [5, 5.41) is 3.26. The first-order valence-corrected chi connectivity index (χ1v) is 7.70. The van der Waals surface area contributed by atoms with E-state index in [-0.39, 0.29) is 5.56 Å². The number of hydrogen-bond donors (Lipinski definition) is 1. The highest BCUT2D eigenvalue weighted by molar-refractivity contribution is 5.30. The second-order valence-electron chi connectivity index (χ2n) is 6.02. The minimum atomic E-state index is -0.0452. The lowest BCUT2D eigenvalue weighted by atomic mass is 9.87. The normalized spacial score (nSPS) is 16.3. The second-order valence-corrected chi connectivity index (χ2v) is 6.02. The van der Waals surface area contributed by atoms with Gasteiger partial charge in [0, 0.05) is 17.7 Å².